The van der Waals surface area contributed by atoms with Gasteiger partial charge in [0.2, 0.25) is 88.6 Å². The van der Waals surface area contributed by atoms with E-state index in [0.717, 1.165) is 53.0 Å². The number of nitrogens with two attached hydrogens (primary N) is 1. The number of carboxylic acids is 3. The predicted octanol–water partition coefficient (Wildman–Crippen LogP) is -6.89. The van der Waals surface area contributed by atoms with E-state index in [-0.39, 0.29) is 63.7 Å². The molecule has 21 N–H and O–H groups in total. The lowest BCUT2D eigenvalue weighted by atomic mass is 9.97. The lowest BCUT2D eigenvalue weighted by Gasteiger charge is -2.31. The number of aromatic amines is 2. The summed E-state index contributed by atoms with van der Waals surface area (Å²) in [6.07, 6.45) is 2.62. The molecule has 15 amide bonds. The molecule has 4 aliphatic rings. The van der Waals surface area contributed by atoms with Gasteiger partial charge >= 0.3 is 17.9 Å². The summed E-state index contributed by atoms with van der Waals surface area (Å²) in [5.74, 6) is -23.7. The SMILES string of the molecule is CC[C@H](C)[C@@H]1NC(=O)[C@H](CCC(=O)O)NC(=O)[C@@H]2CCCN2C(=O)[C@H](Cc2cnc[nH]2)NC(=O)[C@H](CC(=O)O)NC(=O)[C@H](C(C)C)NC(=O)[C@H](C)NC(=O)[C@@H]2CSSC[C@H](NC(=O)CN)C(=O)N[C@@H](CSSC[C@@H](C(=O)O)NC1=O)C(=O)N[C@@H](CO)C(=O)N[C@@H](Cc1cnc[nH]1)C(=O)N1CCC[C@H]1C(=O)N[C@@H](C)C(=O)N2. The summed E-state index contributed by atoms with van der Waals surface area (Å²) in [5, 5.41) is 73.2. The molecule has 0 unspecified atom stereocenters. The summed E-state index contributed by atoms with van der Waals surface area (Å²) in [6.45, 7) is 6.56. The van der Waals surface area contributed by atoms with Gasteiger partial charge in [0, 0.05) is 79.1 Å². The van der Waals surface area contributed by atoms with Crippen molar-refractivity contribution in [3.05, 3.63) is 36.4 Å². The molecule has 612 valence electrons. The van der Waals surface area contributed by atoms with Gasteiger partial charge < -0.3 is 115 Å². The normalized spacial score (nSPS) is 28.4. The van der Waals surface area contributed by atoms with Gasteiger partial charge in [-0.2, -0.15) is 0 Å². The van der Waals surface area contributed by atoms with Gasteiger partial charge in [0.1, 0.15) is 90.6 Å². The molecule has 2 bridgehead atoms. The number of nitrogens with one attached hydrogen (secondary N) is 15. The maximum atomic E-state index is 14.8. The molecule has 46 heteroatoms. The number of hydrogen-bond acceptors (Lipinski definition) is 26. The molecule has 4 saturated heterocycles. The quantitative estimate of drug-likeness (QED) is 0.0695. The number of rotatable bonds is 16. The van der Waals surface area contributed by atoms with E-state index < -0.39 is 264 Å². The highest BCUT2D eigenvalue weighted by molar-refractivity contribution is 8.77. The second-order valence-corrected chi connectivity index (χ2v) is 32.1. The Morgan fingerprint density at radius 2 is 0.973 bits per heavy atom. The monoisotopic (exact) mass is 1640 g/mol. The third-order valence-corrected chi connectivity index (χ3v) is 23.2. The molecule has 4 aliphatic heterocycles. The van der Waals surface area contributed by atoms with Gasteiger partial charge in [-0.25, -0.2) is 14.8 Å². The van der Waals surface area contributed by atoms with Gasteiger partial charge in [0.05, 0.1) is 32.2 Å². The first-order valence-electron chi connectivity index (χ1n) is 35.6. The first-order valence-corrected chi connectivity index (χ1v) is 40.6. The number of aliphatic hydroxyl groups excluding tert-OH is 1. The highest BCUT2D eigenvalue weighted by atomic mass is 33.1. The van der Waals surface area contributed by atoms with E-state index in [1.165, 1.54) is 59.7 Å². The van der Waals surface area contributed by atoms with Crippen LogP contribution in [0.3, 0.4) is 0 Å². The van der Waals surface area contributed by atoms with E-state index in [1.54, 1.807) is 6.92 Å². The molecule has 6 rings (SSSR count). The molecule has 0 aromatic carbocycles. The smallest absolute Gasteiger partial charge is 0.327 e. The first-order chi connectivity index (χ1) is 52.6. The Morgan fingerprint density at radius 1 is 0.523 bits per heavy atom. The molecule has 2 aromatic rings. The Hall–Kier alpha value is -9.80. The Morgan fingerprint density at radius 3 is 1.47 bits per heavy atom. The van der Waals surface area contributed by atoms with Crippen LogP contribution in [0.2, 0.25) is 0 Å². The largest absolute Gasteiger partial charge is 0.481 e. The second kappa shape index (κ2) is 43.7. The highest BCUT2D eigenvalue weighted by Crippen LogP contribution is 2.27. The van der Waals surface area contributed by atoms with Crippen molar-refractivity contribution in [2.75, 3.05) is 49.3 Å². The van der Waals surface area contributed by atoms with E-state index in [2.05, 4.69) is 89.1 Å². The number of aromatic nitrogens is 4. The topological polar surface area (TPSA) is 634 Å². The lowest BCUT2D eigenvalue weighted by Crippen LogP contribution is -2.61. The number of hydrogen-bond donors (Lipinski definition) is 20. The minimum Gasteiger partial charge on any atom is -0.481 e. The predicted molar refractivity (Wildman–Crippen MR) is 398 cm³/mol. The number of imidazole rings is 2. The number of carbonyl (C=O) groups is 18. The van der Waals surface area contributed by atoms with Crippen molar-refractivity contribution in [2.45, 2.75) is 196 Å². The number of carbonyl (C=O) groups excluding carboxylic acids is 15. The zero-order chi connectivity index (χ0) is 81.9. The summed E-state index contributed by atoms with van der Waals surface area (Å²) in [5.41, 5.74) is 6.20. The maximum Gasteiger partial charge on any atom is 0.327 e. The molecule has 0 radical (unpaired) electrons. The van der Waals surface area contributed by atoms with Crippen molar-refractivity contribution in [3.63, 3.8) is 0 Å². The lowest BCUT2D eigenvalue weighted by molar-refractivity contribution is -0.144. The summed E-state index contributed by atoms with van der Waals surface area (Å²) >= 11 is 0. The van der Waals surface area contributed by atoms with Crippen LogP contribution >= 0.6 is 43.2 Å². The van der Waals surface area contributed by atoms with E-state index in [9.17, 15) is 107 Å². The molecule has 0 saturated carbocycles. The fraction of sp³-hybridized carbons (Fsp3) is 0.631. The van der Waals surface area contributed by atoms with Crippen molar-refractivity contribution >= 4 is 150 Å². The third-order valence-electron chi connectivity index (χ3n) is 18.3. The van der Waals surface area contributed by atoms with Crippen molar-refractivity contribution in [2.24, 2.45) is 17.6 Å². The maximum absolute atomic E-state index is 14.8. The summed E-state index contributed by atoms with van der Waals surface area (Å²) < 4.78 is 0. The van der Waals surface area contributed by atoms with E-state index in [0.29, 0.717) is 5.69 Å². The number of H-pyrrole nitrogens is 2. The number of nitrogens with zero attached hydrogens (tertiary/aromatic N) is 4. The number of aliphatic hydroxyl groups is 1. The van der Waals surface area contributed by atoms with Crippen LogP contribution in [0.25, 0.3) is 0 Å². The van der Waals surface area contributed by atoms with Gasteiger partial charge in [0.15, 0.2) is 0 Å². The fourth-order valence-electron chi connectivity index (χ4n) is 11.9. The summed E-state index contributed by atoms with van der Waals surface area (Å²) in [4.78, 5) is 268. The average Bonchev–Trinajstić information content (AvgIpc) is 1.75. The van der Waals surface area contributed by atoms with Crippen LogP contribution in [0.4, 0.5) is 0 Å². The van der Waals surface area contributed by atoms with E-state index in [4.69, 9.17) is 5.73 Å². The average molecular weight is 1640 g/mol. The van der Waals surface area contributed by atoms with Gasteiger partial charge in [-0.1, -0.05) is 77.3 Å². The molecule has 0 aliphatic carbocycles. The molecule has 111 heavy (non-hydrogen) atoms. The minimum absolute atomic E-state index is 0.0439. The molecule has 2 aromatic heterocycles. The Balaban J connectivity index is 1.44. The van der Waals surface area contributed by atoms with Gasteiger partial charge in [-0.15, -0.1) is 0 Å². The van der Waals surface area contributed by atoms with Gasteiger partial charge in [0.25, 0.3) is 0 Å². The van der Waals surface area contributed by atoms with Gasteiger partial charge in [-0.05, 0) is 57.8 Å². The van der Waals surface area contributed by atoms with Crippen molar-refractivity contribution < 1.29 is 107 Å². The first kappa shape index (κ1) is 90.1. The van der Waals surface area contributed by atoms with Crippen molar-refractivity contribution in [3.8, 4) is 0 Å². The van der Waals surface area contributed by atoms with Crippen LogP contribution < -0.4 is 74.9 Å². The third kappa shape index (κ3) is 27.0. The molecule has 0 spiro atoms. The van der Waals surface area contributed by atoms with Crippen LogP contribution in [0.5, 0.6) is 0 Å². The number of carboxylic acid groups (broad SMARTS) is 3. The van der Waals surface area contributed by atoms with Gasteiger partial charge in [-0.3, -0.25) is 81.5 Å². The Bertz CT molecular complexity index is 3700. The van der Waals surface area contributed by atoms with Crippen LogP contribution in [-0.2, 0) is 99.1 Å². The van der Waals surface area contributed by atoms with E-state index >= 15 is 0 Å². The van der Waals surface area contributed by atoms with Crippen LogP contribution in [0.15, 0.2) is 25.0 Å². The molecule has 42 nitrogen and oxygen atoms in total. The number of amides is 15. The second-order valence-electron chi connectivity index (χ2n) is 27.0. The standard InChI is InChI=1S/C65H96N20O22S4/c1-7-30(4)50-62(103)81-43(65(106)107)26-111-110-25-42-58(99)78-39(22-86)55(96)77-38(17-34-21-68-28-70-34)64(105)84-14-8-10-44(84)59(100)72-31(5)51(92)79-41(24-109-108-23-40(57(98)80-42)73-46(87)19-66)56(97)71-32(6)52(93)82-49(29(2)3)61(102)75-36(18-48(90)91)54(95)76-37(16-33-20-67-27-69-33)63(104)85-15-9-11-45(85)60(101)74-35(53(94)83-50)12-13-47(88)89/h20-21,27-32,35-45,49-50,86H,7-19,22-26,66H2,1-6H3,(H,67,69)(H,68,70)(H,71,97)(H,72,100)(H,73,87)(H,74,101)(H,75,102)(H,76,95)(H,77,96)(H,78,99)(H,79,92)(H,80,98)(H,81,103)(H,82,93)(H,83,94)(H,88,89)(H,90,91)(H,106,107)/t30-,31-,32-,35-,36-,37-,38-,39-,40-,41-,42-,43-,44-,45-,49-,50-/m0/s1. The zero-order valence-electron chi connectivity index (χ0n) is 61.5. The van der Waals surface area contributed by atoms with Crippen LogP contribution in [-0.4, -0.2) is 297 Å². The zero-order valence-corrected chi connectivity index (χ0v) is 64.8. The molecule has 6 heterocycles. The van der Waals surface area contributed by atoms with Crippen LogP contribution in [0.1, 0.15) is 104 Å². The number of fused-ring (bicyclic) bond motifs is 10. The van der Waals surface area contributed by atoms with Crippen molar-refractivity contribution in [1.82, 2.24) is 98.9 Å². The fourth-order valence-corrected chi connectivity index (χ4v) is 16.5. The number of aliphatic carboxylic acids is 3. The van der Waals surface area contributed by atoms with E-state index in [1.807, 2.05) is 0 Å². The molecule has 4 fully saturated rings. The van der Waals surface area contributed by atoms with Crippen LogP contribution in [0, 0.1) is 11.8 Å². The highest BCUT2D eigenvalue weighted by Gasteiger charge is 2.44. The summed E-state index contributed by atoms with van der Waals surface area (Å²) in [6, 6.07) is -24.6. The molecular weight excluding hydrogens is 1540 g/mol. The minimum atomic E-state index is -1.99. The Kier molecular flexibility index (Phi) is 35.5. The summed E-state index contributed by atoms with van der Waals surface area (Å²) in [7, 11) is 3.12. The Labute approximate surface area is 651 Å². The molecule has 16 atom stereocenters. The van der Waals surface area contributed by atoms with Crippen molar-refractivity contribution in [1.29, 1.82) is 0 Å². The molecular formula is C65H96N20O22S4.